The Morgan fingerprint density at radius 2 is 1.21 bits per heavy atom. The predicted octanol–water partition coefficient (Wildman–Crippen LogP) is 7.64. The molecule has 0 unspecified atom stereocenters. The Morgan fingerprint density at radius 1 is 0.646 bits per heavy atom. The number of tetrazole rings is 1. The Morgan fingerprint density at radius 3 is 1.77 bits per heavy atom. The van der Waals surface area contributed by atoms with Crippen LogP contribution in [0.25, 0.3) is 22.5 Å². The second-order valence-corrected chi connectivity index (χ2v) is 11.7. The van der Waals surface area contributed by atoms with Gasteiger partial charge in [-0.1, -0.05) is 146 Å². The fourth-order valence-electron chi connectivity index (χ4n) is 6.54. The first-order chi connectivity index (χ1) is 23.7. The zero-order valence-corrected chi connectivity index (χ0v) is 26.8. The van der Waals surface area contributed by atoms with Crippen LogP contribution >= 0.6 is 0 Å². The molecule has 0 saturated heterocycles. The largest absolute Gasteiger partial charge is 0.396 e. The van der Waals surface area contributed by atoms with Gasteiger partial charge in [-0.05, 0) is 56.3 Å². The van der Waals surface area contributed by atoms with Gasteiger partial charge in [0, 0.05) is 18.7 Å². The van der Waals surface area contributed by atoms with E-state index in [0.717, 1.165) is 51.9 Å². The summed E-state index contributed by atoms with van der Waals surface area (Å²) in [6, 6.07) is 50.1. The lowest BCUT2D eigenvalue weighted by molar-refractivity contribution is 0.451. The average Bonchev–Trinajstić information content (AvgIpc) is 3.64. The fourth-order valence-corrected chi connectivity index (χ4v) is 6.54. The summed E-state index contributed by atoms with van der Waals surface area (Å²) in [4.78, 5) is 2.18. The van der Waals surface area contributed by atoms with Crippen LogP contribution in [0, 0.1) is 0 Å². The number of anilines is 2. The fraction of sp³-hybridized carbons (Fsp3) is 0.125. The molecule has 2 aromatic heterocycles. The Labute approximate surface area is 280 Å². The molecule has 7 aromatic rings. The van der Waals surface area contributed by atoms with Crippen LogP contribution in [0.5, 0.6) is 0 Å². The molecule has 8 nitrogen and oxygen atoms in total. The Hall–Kier alpha value is -6.15. The summed E-state index contributed by atoms with van der Waals surface area (Å²) in [5.74, 6) is 1.37. The van der Waals surface area contributed by atoms with Gasteiger partial charge >= 0.3 is 0 Å². The molecule has 236 valence electrons. The minimum Gasteiger partial charge on any atom is -0.396 e. The molecule has 0 spiro atoms. The highest BCUT2D eigenvalue weighted by Crippen LogP contribution is 2.43. The maximum absolute atomic E-state index is 6.26. The summed E-state index contributed by atoms with van der Waals surface area (Å²) >= 11 is 0. The first-order valence-electron chi connectivity index (χ1n) is 16.2. The van der Waals surface area contributed by atoms with Crippen LogP contribution < -0.4 is 10.6 Å². The molecule has 0 amide bonds. The van der Waals surface area contributed by atoms with E-state index >= 15 is 0 Å². The molecule has 8 heteroatoms. The van der Waals surface area contributed by atoms with Gasteiger partial charge in [-0.15, -0.1) is 10.2 Å². The van der Waals surface area contributed by atoms with Crippen LogP contribution in [-0.4, -0.2) is 36.9 Å². The van der Waals surface area contributed by atoms with Crippen molar-refractivity contribution in [2.45, 2.75) is 25.4 Å². The van der Waals surface area contributed by atoms with E-state index in [-0.39, 0.29) is 0 Å². The van der Waals surface area contributed by atoms with E-state index in [4.69, 9.17) is 16.0 Å². The molecule has 2 heterocycles. The van der Waals surface area contributed by atoms with E-state index < -0.39 is 5.54 Å². The second kappa shape index (κ2) is 13.7. The minimum absolute atomic E-state index is 0.624. The number of rotatable bonds is 11. The Balaban J connectivity index is 1.33. The zero-order valence-electron chi connectivity index (χ0n) is 26.8. The number of hydrogen-bond donors (Lipinski definition) is 1. The first kappa shape index (κ1) is 30.5. The lowest BCUT2D eigenvalue weighted by Gasteiger charge is -2.36. The molecule has 0 saturated carbocycles. The van der Waals surface area contributed by atoms with Gasteiger partial charge in [0.25, 0.3) is 0 Å². The normalized spacial score (nSPS) is 11.4. The van der Waals surface area contributed by atoms with Crippen molar-refractivity contribution >= 4 is 11.5 Å². The molecule has 0 bridgehead atoms. The van der Waals surface area contributed by atoms with Gasteiger partial charge in [0.15, 0.2) is 11.6 Å². The Kier molecular flexibility index (Phi) is 8.70. The van der Waals surface area contributed by atoms with Crippen LogP contribution in [0.4, 0.5) is 11.5 Å². The lowest BCUT2D eigenvalue weighted by Crippen LogP contribution is -2.39. The van der Waals surface area contributed by atoms with Gasteiger partial charge in [-0.25, -0.2) is 4.68 Å². The van der Waals surface area contributed by atoms with E-state index in [1.165, 1.54) is 0 Å². The summed E-state index contributed by atoms with van der Waals surface area (Å²) in [5.41, 5.74) is 13.4. The molecular formula is C40H36N8. The maximum Gasteiger partial charge on any atom is 0.184 e. The summed E-state index contributed by atoms with van der Waals surface area (Å²) < 4.78 is 1.98. The molecule has 0 aliphatic heterocycles. The van der Waals surface area contributed by atoms with Crippen molar-refractivity contribution in [3.05, 3.63) is 174 Å². The highest BCUT2D eigenvalue weighted by Gasteiger charge is 2.42. The van der Waals surface area contributed by atoms with Crippen LogP contribution in [0.1, 0.15) is 35.6 Å². The monoisotopic (exact) mass is 628 g/mol. The van der Waals surface area contributed by atoms with Crippen molar-refractivity contribution in [3.63, 3.8) is 0 Å². The van der Waals surface area contributed by atoms with Crippen molar-refractivity contribution < 1.29 is 0 Å². The number of aromatic nitrogens is 6. The quantitative estimate of drug-likeness (QED) is 0.147. The Bertz CT molecular complexity index is 1980. The third kappa shape index (κ3) is 5.69. The minimum atomic E-state index is -0.843. The standard InChI is InChI=1S/C40H36N8/c1-2-28-47(39-37(41)26-27-42-43-39)29-30-22-24-31(25-23-30)35-20-12-13-21-36(35)38-44-45-46-48(38)40(32-14-6-3-7-15-32,33-16-8-4-9-17-33)34-18-10-5-11-19-34/h3-27H,2,28-29H2,1H3,(H2,41,42). The van der Waals surface area contributed by atoms with Crippen molar-refractivity contribution in [1.29, 1.82) is 0 Å². The van der Waals surface area contributed by atoms with E-state index in [0.29, 0.717) is 23.9 Å². The molecule has 2 N–H and O–H groups in total. The lowest BCUT2D eigenvalue weighted by atomic mass is 9.77. The van der Waals surface area contributed by atoms with Crippen LogP contribution in [0.2, 0.25) is 0 Å². The topological polar surface area (TPSA) is 98.6 Å². The van der Waals surface area contributed by atoms with Crippen molar-refractivity contribution in [2.24, 2.45) is 0 Å². The second-order valence-electron chi connectivity index (χ2n) is 11.7. The molecule has 5 aromatic carbocycles. The number of hydrogen-bond acceptors (Lipinski definition) is 7. The third-order valence-corrected chi connectivity index (χ3v) is 8.69. The van der Waals surface area contributed by atoms with Gasteiger partial charge in [0.1, 0.15) is 5.54 Å². The summed E-state index contributed by atoms with van der Waals surface area (Å²) in [6.07, 6.45) is 2.59. The molecular weight excluding hydrogens is 592 g/mol. The SMILES string of the molecule is CCCN(Cc1ccc(-c2ccccc2-c2nnnn2C(c2ccccc2)(c2ccccc2)c2ccccc2)cc1)c1nnccc1N. The maximum atomic E-state index is 6.26. The molecule has 0 aliphatic carbocycles. The zero-order chi connectivity index (χ0) is 32.8. The average molecular weight is 629 g/mol. The van der Waals surface area contributed by atoms with Crippen molar-refractivity contribution in [1.82, 2.24) is 30.4 Å². The molecule has 0 aliphatic rings. The highest BCUT2D eigenvalue weighted by atomic mass is 15.6. The first-order valence-corrected chi connectivity index (χ1v) is 16.2. The number of nitrogens with two attached hydrogens (primary N) is 1. The smallest absolute Gasteiger partial charge is 0.184 e. The van der Waals surface area contributed by atoms with Crippen LogP contribution in [-0.2, 0) is 12.1 Å². The third-order valence-electron chi connectivity index (χ3n) is 8.69. The number of nitrogen functional groups attached to an aromatic ring is 1. The van der Waals surface area contributed by atoms with E-state index in [2.05, 4.69) is 142 Å². The molecule has 7 rings (SSSR count). The van der Waals surface area contributed by atoms with E-state index in [1.807, 2.05) is 28.9 Å². The molecule has 48 heavy (non-hydrogen) atoms. The van der Waals surface area contributed by atoms with Crippen LogP contribution in [0.15, 0.2) is 152 Å². The molecule has 0 fully saturated rings. The predicted molar refractivity (Wildman–Crippen MR) is 191 cm³/mol. The van der Waals surface area contributed by atoms with Gasteiger partial charge in [-0.3, -0.25) is 0 Å². The van der Waals surface area contributed by atoms with Gasteiger partial charge in [0.2, 0.25) is 0 Å². The van der Waals surface area contributed by atoms with Gasteiger partial charge < -0.3 is 10.6 Å². The van der Waals surface area contributed by atoms with E-state index in [1.54, 1.807) is 12.3 Å². The van der Waals surface area contributed by atoms with E-state index in [9.17, 15) is 0 Å². The van der Waals surface area contributed by atoms with Crippen LogP contribution in [0.3, 0.4) is 0 Å². The number of nitrogens with zero attached hydrogens (tertiary/aromatic N) is 7. The summed E-state index contributed by atoms with van der Waals surface area (Å²) in [5, 5.41) is 22.2. The highest BCUT2D eigenvalue weighted by molar-refractivity contribution is 5.81. The summed E-state index contributed by atoms with van der Waals surface area (Å²) in [7, 11) is 0. The van der Waals surface area contributed by atoms with Crippen molar-refractivity contribution in [3.8, 4) is 22.5 Å². The summed E-state index contributed by atoms with van der Waals surface area (Å²) in [6.45, 7) is 3.64. The number of benzene rings is 5. The van der Waals surface area contributed by atoms with Gasteiger partial charge in [-0.2, -0.15) is 5.10 Å². The molecule has 0 radical (unpaired) electrons. The van der Waals surface area contributed by atoms with Gasteiger partial charge in [0.05, 0.1) is 11.9 Å². The van der Waals surface area contributed by atoms with Crippen molar-refractivity contribution in [2.75, 3.05) is 17.2 Å². The molecule has 0 atom stereocenters.